The van der Waals surface area contributed by atoms with Crippen LogP contribution >= 0.6 is 0 Å². The van der Waals surface area contributed by atoms with E-state index in [2.05, 4.69) is 20.8 Å². The molecule has 1 amide bonds. The van der Waals surface area contributed by atoms with E-state index in [4.69, 9.17) is 0 Å². The molecule has 2 rings (SSSR count). The largest absolute Gasteiger partial charge is 0.392 e. The Morgan fingerprint density at radius 2 is 2.57 bits per heavy atom. The molecule has 2 heterocycles. The number of carbonyl (C=O) groups excluding carboxylic acids is 1. The van der Waals surface area contributed by atoms with E-state index in [1.54, 1.807) is 6.20 Å². The number of aliphatic hydroxyl groups excluding tert-OH is 1. The number of aromatic nitrogens is 2. The highest BCUT2D eigenvalue weighted by Crippen LogP contribution is 2.09. The normalized spacial score (nSPS) is 26.4. The van der Waals surface area contributed by atoms with Crippen molar-refractivity contribution in [3.63, 3.8) is 0 Å². The first-order valence-electron chi connectivity index (χ1n) is 4.47. The highest BCUT2D eigenvalue weighted by Gasteiger charge is 2.27. The average molecular weight is 196 g/mol. The van der Waals surface area contributed by atoms with E-state index in [1.165, 1.54) is 6.20 Å². The van der Waals surface area contributed by atoms with Gasteiger partial charge in [-0.2, -0.15) is 5.10 Å². The molecule has 2 atom stereocenters. The average Bonchev–Trinajstić information content (AvgIpc) is 2.75. The summed E-state index contributed by atoms with van der Waals surface area (Å²) in [7, 11) is 0. The molecule has 0 spiro atoms. The van der Waals surface area contributed by atoms with E-state index in [9.17, 15) is 9.90 Å². The molecule has 1 aromatic heterocycles. The van der Waals surface area contributed by atoms with Gasteiger partial charge in [0.05, 0.1) is 24.0 Å². The third-order valence-corrected chi connectivity index (χ3v) is 2.19. The van der Waals surface area contributed by atoms with Crippen LogP contribution in [0.1, 0.15) is 6.42 Å². The number of aliphatic hydroxyl groups is 1. The lowest BCUT2D eigenvalue weighted by atomic mass is 10.2. The Hall–Kier alpha value is -1.40. The molecule has 1 fully saturated rings. The summed E-state index contributed by atoms with van der Waals surface area (Å²) < 4.78 is 0. The van der Waals surface area contributed by atoms with Gasteiger partial charge in [-0.25, -0.2) is 0 Å². The van der Waals surface area contributed by atoms with Gasteiger partial charge in [0.2, 0.25) is 5.91 Å². The lowest BCUT2D eigenvalue weighted by molar-refractivity contribution is -0.117. The zero-order valence-corrected chi connectivity index (χ0v) is 7.53. The summed E-state index contributed by atoms with van der Waals surface area (Å²) in [6.45, 7) is 0.476. The molecule has 1 aromatic rings. The number of carbonyl (C=O) groups is 1. The quantitative estimate of drug-likeness (QED) is 0.492. The van der Waals surface area contributed by atoms with Crippen LogP contribution < -0.4 is 10.6 Å². The van der Waals surface area contributed by atoms with Gasteiger partial charge in [0, 0.05) is 12.7 Å². The number of β-amino-alcohol motifs (C(OH)–C–C–N with tert-alkyl or cyclic N) is 1. The Balaban J connectivity index is 1.90. The molecule has 0 aliphatic carbocycles. The number of rotatable bonds is 2. The van der Waals surface area contributed by atoms with Crippen molar-refractivity contribution in [2.75, 3.05) is 11.9 Å². The first-order valence-corrected chi connectivity index (χ1v) is 4.47. The van der Waals surface area contributed by atoms with Gasteiger partial charge in [-0.05, 0) is 6.42 Å². The Labute approximate surface area is 80.7 Å². The molecular weight excluding hydrogens is 184 g/mol. The fourth-order valence-electron chi connectivity index (χ4n) is 1.47. The second-order valence-electron chi connectivity index (χ2n) is 3.33. The van der Waals surface area contributed by atoms with Crippen LogP contribution in [-0.4, -0.2) is 39.9 Å². The van der Waals surface area contributed by atoms with Crippen molar-refractivity contribution in [1.82, 2.24) is 15.5 Å². The summed E-state index contributed by atoms with van der Waals surface area (Å²) in [5.74, 6) is -0.136. The van der Waals surface area contributed by atoms with Gasteiger partial charge in [-0.3, -0.25) is 9.89 Å². The van der Waals surface area contributed by atoms with Crippen LogP contribution in [-0.2, 0) is 4.79 Å². The maximum absolute atomic E-state index is 11.5. The number of aromatic amines is 1. The smallest absolute Gasteiger partial charge is 0.241 e. The zero-order valence-electron chi connectivity index (χ0n) is 7.53. The van der Waals surface area contributed by atoms with E-state index in [0.717, 1.165) is 0 Å². The molecule has 0 radical (unpaired) electrons. The second kappa shape index (κ2) is 3.77. The van der Waals surface area contributed by atoms with Crippen LogP contribution in [0, 0.1) is 0 Å². The predicted molar refractivity (Wildman–Crippen MR) is 49.6 cm³/mol. The van der Waals surface area contributed by atoms with Crippen molar-refractivity contribution in [2.45, 2.75) is 18.6 Å². The lowest BCUT2D eigenvalue weighted by Crippen LogP contribution is -2.35. The molecule has 1 aliphatic heterocycles. The van der Waals surface area contributed by atoms with Gasteiger partial charge in [-0.1, -0.05) is 0 Å². The summed E-state index contributed by atoms with van der Waals surface area (Å²) >= 11 is 0. The molecule has 0 aromatic carbocycles. The van der Waals surface area contributed by atoms with Crippen molar-refractivity contribution >= 4 is 11.6 Å². The van der Waals surface area contributed by atoms with E-state index in [0.29, 0.717) is 18.7 Å². The summed E-state index contributed by atoms with van der Waals surface area (Å²) in [5, 5.41) is 21.1. The summed E-state index contributed by atoms with van der Waals surface area (Å²) in [6.07, 6.45) is 3.17. The van der Waals surface area contributed by atoms with Crippen LogP contribution in [0.4, 0.5) is 5.69 Å². The van der Waals surface area contributed by atoms with Gasteiger partial charge >= 0.3 is 0 Å². The first kappa shape index (κ1) is 9.17. The van der Waals surface area contributed by atoms with Gasteiger partial charge < -0.3 is 15.7 Å². The third-order valence-electron chi connectivity index (χ3n) is 2.19. The van der Waals surface area contributed by atoms with Crippen LogP contribution in [0.5, 0.6) is 0 Å². The molecule has 14 heavy (non-hydrogen) atoms. The molecule has 4 N–H and O–H groups in total. The number of hydrogen-bond acceptors (Lipinski definition) is 4. The van der Waals surface area contributed by atoms with Crippen LogP contribution in [0.3, 0.4) is 0 Å². The molecule has 1 saturated heterocycles. The third kappa shape index (κ3) is 1.91. The Kier molecular flexibility index (Phi) is 2.47. The van der Waals surface area contributed by atoms with Gasteiger partial charge in [-0.15, -0.1) is 0 Å². The molecule has 76 valence electrons. The zero-order chi connectivity index (χ0) is 9.97. The van der Waals surface area contributed by atoms with E-state index in [-0.39, 0.29) is 11.9 Å². The minimum Gasteiger partial charge on any atom is -0.392 e. The fourth-order valence-corrected chi connectivity index (χ4v) is 1.47. The van der Waals surface area contributed by atoms with Crippen molar-refractivity contribution in [2.24, 2.45) is 0 Å². The first-order chi connectivity index (χ1) is 6.75. The van der Waals surface area contributed by atoms with Gasteiger partial charge in [0.1, 0.15) is 0 Å². The molecule has 6 heteroatoms. The maximum Gasteiger partial charge on any atom is 0.241 e. The van der Waals surface area contributed by atoms with E-state index < -0.39 is 6.10 Å². The SMILES string of the molecule is O=C(Nc1cn[nH]c1)[C@H]1C[C@H](O)CN1. The van der Waals surface area contributed by atoms with Crippen LogP contribution in [0.25, 0.3) is 0 Å². The summed E-state index contributed by atoms with van der Waals surface area (Å²) in [5.41, 5.74) is 0.637. The molecule has 0 saturated carbocycles. The number of amides is 1. The number of hydrogen-bond donors (Lipinski definition) is 4. The number of H-pyrrole nitrogens is 1. The Morgan fingerprint density at radius 3 is 3.14 bits per heavy atom. The van der Waals surface area contributed by atoms with Gasteiger partial charge in [0.25, 0.3) is 0 Å². The molecule has 0 unspecified atom stereocenters. The molecular formula is C8H12N4O2. The van der Waals surface area contributed by atoms with Gasteiger partial charge in [0.15, 0.2) is 0 Å². The van der Waals surface area contributed by atoms with Crippen LogP contribution in [0.2, 0.25) is 0 Å². The number of nitrogens with zero attached hydrogens (tertiary/aromatic N) is 1. The highest BCUT2D eigenvalue weighted by atomic mass is 16.3. The van der Waals surface area contributed by atoms with Crippen molar-refractivity contribution in [1.29, 1.82) is 0 Å². The fraction of sp³-hybridized carbons (Fsp3) is 0.500. The highest BCUT2D eigenvalue weighted by molar-refractivity contribution is 5.94. The van der Waals surface area contributed by atoms with Crippen LogP contribution in [0.15, 0.2) is 12.4 Å². The standard InChI is InChI=1S/C8H12N4O2/c13-6-1-7(9-4-6)8(14)12-5-2-10-11-3-5/h2-3,6-7,9,13H,1,4H2,(H,10,11)(H,12,14)/t6-,7+/m0/s1. The minimum atomic E-state index is -0.421. The topological polar surface area (TPSA) is 90.0 Å². The molecule has 0 bridgehead atoms. The predicted octanol–water partition coefficient (Wildman–Crippen LogP) is -0.929. The minimum absolute atomic E-state index is 0.136. The number of anilines is 1. The Bertz CT molecular complexity index is 311. The second-order valence-corrected chi connectivity index (χ2v) is 3.33. The summed E-state index contributed by atoms with van der Waals surface area (Å²) in [4.78, 5) is 11.5. The molecule has 6 nitrogen and oxygen atoms in total. The Morgan fingerprint density at radius 1 is 1.71 bits per heavy atom. The maximum atomic E-state index is 11.5. The van der Waals surface area contributed by atoms with Crippen molar-refractivity contribution in [3.8, 4) is 0 Å². The van der Waals surface area contributed by atoms with E-state index >= 15 is 0 Å². The van der Waals surface area contributed by atoms with Crippen molar-refractivity contribution in [3.05, 3.63) is 12.4 Å². The van der Waals surface area contributed by atoms with E-state index in [1.807, 2.05) is 0 Å². The van der Waals surface area contributed by atoms with Crippen molar-refractivity contribution < 1.29 is 9.90 Å². The lowest BCUT2D eigenvalue weighted by Gasteiger charge is -2.08. The molecule has 1 aliphatic rings. The summed E-state index contributed by atoms with van der Waals surface area (Å²) in [6, 6.07) is -0.306. The monoisotopic (exact) mass is 196 g/mol. The number of nitrogens with one attached hydrogen (secondary N) is 3.